The summed E-state index contributed by atoms with van der Waals surface area (Å²) in [6.45, 7) is 0. The monoisotopic (exact) mass is 752 g/mol. The Kier molecular flexibility index (Phi) is 6.66. The Hall–Kier alpha value is -7.26. The van der Waals surface area contributed by atoms with E-state index in [2.05, 4.69) is 194 Å². The quantitative estimate of drug-likeness (QED) is 0.164. The Bertz CT molecular complexity index is 3800. The van der Waals surface area contributed by atoms with E-state index in [9.17, 15) is 0 Å². The fourth-order valence-corrected chi connectivity index (χ4v) is 11.0. The van der Waals surface area contributed by atoms with E-state index in [1.54, 1.807) is 0 Å². The summed E-state index contributed by atoms with van der Waals surface area (Å²) in [4.78, 5) is 0. The third-order valence-electron chi connectivity index (χ3n) is 12.4. The number of benzene rings is 11. The van der Waals surface area contributed by atoms with Crippen LogP contribution < -0.4 is 0 Å². The van der Waals surface area contributed by atoms with Gasteiger partial charge in [0.2, 0.25) is 0 Å². The molecule has 2 aromatic heterocycles. The minimum atomic E-state index is 0.931. The first-order valence-corrected chi connectivity index (χ1v) is 20.7. The zero-order valence-corrected chi connectivity index (χ0v) is 32.1. The predicted octanol–water partition coefficient (Wildman–Crippen LogP) is 16.7. The van der Waals surface area contributed by atoms with Crippen molar-refractivity contribution in [3.8, 4) is 33.4 Å². The lowest BCUT2D eigenvalue weighted by Gasteiger charge is -2.20. The number of thiophene rings is 1. The number of fused-ring (bicyclic) bond motifs is 12. The van der Waals surface area contributed by atoms with Crippen LogP contribution in [0.5, 0.6) is 0 Å². The second kappa shape index (κ2) is 12.1. The van der Waals surface area contributed by atoms with Gasteiger partial charge in [0.25, 0.3) is 0 Å². The maximum atomic E-state index is 6.65. The number of furan rings is 1. The van der Waals surface area contributed by atoms with Crippen molar-refractivity contribution in [1.29, 1.82) is 0 Å². The highest BCUT2D eigenvalue weighted by atomic mass is 32.1. The van der Waals surface area contributed by atoms with Crippen LogP contribution in [-0.4, -0.2) is 0 Å². The highest BCUT2D eigenvalue weighted by Crippen LogP contribution is 2.48. The highest BCUT2D eigenvalue weighted by Gasteiger charge is 2.21. The number of rotatable bonds is 3. The third kappa shape index (κ3) is 4.52. The topological polar surface area (TPSA) is 13.1 Å². The molecule has 0 radical (unpaired) electrons. The third-order valence-corrected chi connectivity index (χ3v) is 13.6. The van der Waals surface area contributed by atoms with Gasteiger partial charge in [0.15, 0.2) is 5.58 Å². The fraction of sp³-hybridized carbons (Fsp3) is 0. The van der Waals surface area contributed by atoms with Crippen LogP contribution in [0.1, 0.15) is 0 Å². The molecule has 13 rings (SSSR count). The molecular formula is C56H32OS. The summed E-state index contributed by atoms with van der Waals surface area (Å²) in [5.41, 5.74) is 9.42. The van der Waals surface area contributed by atoms with Crippen LogP contribution in [0.2, 0.25) is 0 Å². The highest BCUT2D eigenvalue weighted by molar-refractivity contribution is 7.26. The summed E-state index contributed by atoms with van der Waals surface area (Å²) >= 11 is 1.82. The van der Waals surface area contributed by atoms with Crippen molar-refractivity contribution >= 4 is 107 Å². The van der Waals surface area contributed by atoms with Crippen LogP contribution >= 0.6 is 11.3 Å². The van der Waals surface area contributed by atoms with Crippen LogP contribution in [0.4, 0.5) is 0 Å². The van der Waals surface area contributed by atoms with Gasteiger partial charge in [-0.3, -0.25) is 0 Å². The van der Waals surface area contributed by atoms with Gasteiger partial charge in [-0.25, -0.2) is 0 Å². The summed E-state index contributed by atoms with van der Waals surface area (Å²) in [5.74, 6) is 0. The lowest BCUT2D eigenvalue weighted by Crippen LogP contribution is -1.93. The van der Waals surface area contributed by atoms with Crippen molar-refractivity contribution < 1.29 is 4.42 Å². The molecule has 0 saturated carbocycles. The van der Waals surface area contributed by atoms with E-state index in [0.717, 1.165) is 16.6 Å². The van der Waals surface area contributed by atoms with Gasteiger partial charge in [-0.05, 0) is 118 Å². The summed E-state index contributed by atoms with van der Waals surface area (Å²) < 4.78 is 9.16. The maximum Gasteiger partial charge on any atom is 0.153 e. The molecule has 268 valence electrons. The van der Waals surface area contributed by atoms with Gasteiger partial charge in [0.05, 0.1) is 4.70 Å². The normalized spacial score (nSPS) is 12.1. The Labute approximate surface area is 337 Å². The zero-order chi connectivity index (χ0) is 37.9. The minimum Gasteiger partial charge on any atom is -0.455 e. The Morgan fingerprint density at radius 2 is 0.879 bits per heavy atom. The van der Waals surface area contributed by atoms with Gasteiger partial charge in [-0.15, -0.1) is 11.3 Å². The average Bonchev–Trinajstić information content (AvgIpc) is 3.85. The molecule has 11 aromatic carbocycles. The lowest BCUT2D eigenvalue weighted by molar-refractivity contribution is 0.674. The first kappa shape index (κ1) is 31.9. The molecule has 0 aliphatic carbocycles. The van der Waals surface area contributed by atoms with E-state index in [-0.39, 0.29) is 0 Å². The van der Waals surface area contributed by atoms with Gasteiger partial charge in [0, 0.05) is 26.2 Å². The molecule has 13 aromatic rings. The second-order valence-electron chi connectivity index (χ2n) is 15.5. The number of hydrogen-bond donors (Lipinski definition) is 0. The van der Waals surface area contributed by atoms with Crippen molar-refractivity contribution in [2.75, 3.05) is 0 Å². The predicted molar refractivity (Wildman–Crippen MR) is 250 cm³/mol. The maximum absolute atomic E-state index is 6.65. The molecule has 0 fully saturated rings. The Morgan fingerprint density at radius 3 is 1.62 bits per heavy atom. The Balaban J connectivity index is 1.01. The molecule has 0 bridgehead atoms. The molecule has 0 spiro atoms. The van der Waals surface area contributed by atoms with E-state index < -0.39 is 0 Å². The molecule has 1 nitrogen and oxygen atoms in total. The van der Waals surface area contributed by atoms with Gasteiger partial charge < -0.3 is 4.42 Å². The summed E-state index contributed by atoms with van der Waals surface area (Å²) in [6, 6.07) is 71.6. The molecular weight excluding hydrogens is 721 g/mol. The van der Waals surface area contributed by atoms with E-state index in [1.165, 1.54) is 113 Å². The van der Waals surface area contributed by atoms with E-state index in [0.29, 0.717) is 0 Å². The zero-order valence-electron chi connectivity index (χ0n) is 31.3. The van der Waals surface area contributed by atoms with Crippen molar-refractivity contribution in [2.45, 2.75) is 0 Å². The van der Waals surface area contributed by atoms with Crippen molar-refractivity contribution in [1.82, 2.24) is 0 Å². The lowest BCUT2D eigenvalue weighted by atomic mass is 9.83. The molecule has 0 aliphatic heterocycles. The Morgan fingerprint density at radius 1 is 0.310 bits per heavy atom. The first-order chi connectivity index (χ1) is 28.8. The molecule has 0 N–H and O–H groups in total. The SMILES string of the molecule is c1ccc2c(-c3c4ccccc4c(-c4ccc(-c5ccc6cc7oc8c(ccc9c%10ccccc%10sc98)c7cc6c5)c5ccccc45)c4ccccc34)cccc2c1. The fourth-order valence-electron chi connectivity index (χ4n) is 9.85. The standard InChI is InChI=1S/C56H32OS/c1-2-14-37-33(12-1)13-11-22-42(37)53-43-18-5-7-20-45(43)54(46-21-8-6-19-44(46)53)47-27-26-38(39-15-3-4-16-40(39)47)35-25-24-34-32-51-50(31-36(34)30-35)48-28-29-49-41-17-9-10-23-52(41)58-56(49)55(48)57-51/h1-32H. The van der Waals surface area contributed by atoms with Crippen LogP contribution in [0.3, 0.4) is 0 Å². The summed E-state index contributed by atoms with van der Waals surface area (Å²) in [7, 11) is 0. The first-order valence-electron chi connectivity index (χ1n) is 19.9. The van der Waals surface area contributed by atoms with Gasteiger partial charge in [-0.2, -0.15) is 0 Å². The van der Waals surface area contributed by atoms with E-state index in [1.807, 2.05) is 11.3 Å². The average molecular weight is 753 g/mol. The van der Waals surface area contributed by atoms with Gasteiger partial charge >= 0.3 is 0 Å². The molecule has 0 atom stereocenters. The largest absolute Gasteiger partial charge is 0.455 e. The van der Waals surface area contributed by atoms with Gasteiger partial charge in [-0.1, -0.05) is 164 Å². The molecule has 0 unspecified atom stereocenters. The molecule has 2 heterocycles. The van der Waals surface area contributed by atoms with Crippen molar-refractivity contribution in [3.05, 3.63) is 194 Å². The minimum absolute atomic E-state index is 0.931. The van der Waals surface area contributed by atoms with Crippen LogP contribution in [0, 0.1) is 0 Å². The van der Waals surface area contributed by atoms with Gasteiger partial charge in [0.1, 0.15) is 5.58 Å². The van der Waals surface area contributed by atoms with E-state index >= 15 is 0 Å². The van der Waals surface area contributed by atoms with Crippen LogP contribution in [-0.2, 0) is 0 Å². The van der Waals surface area contributed by atoms with E-state index in [4.69, 9.17) is 4.42 Å². The molecule has 2 heteroatoms. The van der Waals surface area contributed by atoms with Crippen LogP contribution in [0.25, 0.3) is 129 Å². The number of hydrogen-bond acceptors (Lipinski definition) is 2. The summed E-state index contributed by atoms with van der Waals surface area (Å²) in [6.07, 6.45) is 0. The molecule has 0 saturated heterocycles. The summed E-state index contributed by atoms with van der Waals surface area (Å²) in [5, 5.41) is 17.3. The second-order valence-corrected chi connectivity index (χ2v) is 16.6. The molecule has 58 heavy (non-hydrogen) atoms. The van der Waals surface area contributed by atoms with Crippen molar-refractivity contribution in [3.63, 3.8) is 0 Å². The van der Waals surface area contributed by atoms with Crippen LogP contribution in [0.15, 0.2) is 199 Å². The smallest absolute Gasteiger partial charge is 0.153 e. The molecule has 0 aliphatic rings. The molecule has 0 amide bonds. The van der Waals surface area contributed by atoms with Crippen molar-refractivity contribution in [2.24, 2.45) is 0 Å².